The Labute approximate surface area is 121 Å². The lowest BCUT2D eigenvalue weighted by molar-refractivity contribution is -0.138. The molecule has 2 aromatic rings. The average Bonchev–Trinajstić information content (AvgIpc) is 2.44. The Kier molecular flexibility index (Phi) is 3.45. The number of fused-ring (bicyclic) bond motifs is 1. The van der Waals surface area contributed by atoms with E-state index in [1.807, 2.05) is 24.3 Å². The first-order valence-corrected chi connectivity index (χ1v) is 6.78. The van der Waals surface area contributed by atoms with E-state index in [-0.39, 0.29) is 17.5 Å². The fraction of sp³-hybridized carbons (Fsp3) is 0.312. The van der Waals surface area contributed by atoms with Gasteiger partial charge in [-0.05, 0) is 30.7 Å². The number of halogens is 3. The molecule has 1 aliphatic carbocycles. The molecule has 1 N–H and O–H groups in total. The van der Waals surface area contributed by atoms with Crippen molar-refractivity contribution in [1.29, 1.82) is 0 Å². The summed E-state index contributed by atoms with van der Waals surface area (Å²) in [6, 6.07) is 8.54. The molecule has 0 saturated carbocycles. The van der Waals surface area contributed by atoms with Crippen LogP contribution in [0.4, 0.5) is 13.2 Å². The van der Waals surface area contributed by atoms with Gasteiger partial charge in [0.15, 0.2) is 0 Å². The van der Waals surface area contributed by atoms with E-state index in [9.17, 15) is 13.2 Å². The fourth-order valence-corrected chi connectivity index (χ4v) is 3.08. The summed E-state index contributed by atoms with van der Waals surface area (Å²) in [4.78, 5) is 3.88. The van der Waals surface area contributed by atoms with Gasteiger partial charge in [-0.2, -0.15) is 13.2 Å². The lowest BCUT2D eigenvalue weighted by Crippen LogP contribution is -2.33. The van der Waals surface area contributed by atoms with Crippen molar-refractivity contribution < 1.29 is 13.2 Å². The Morgan fingerprint density at radius 2 is 2.00 bits per heavy atom. The molecule has 0 amide bonds. The lowest BCUT2D eigenvalue weighted by Gasteiger charge is -2.37. The van der Waals surface area contributed by atoms with Crippen LogP contribution in [-0.4, -0.2) is 12.0 Å². The number of nitrogens with zero attached hydrogens (tertiary/aromatic N) is 1. The second-order valence-corrected chi connectivity index (χ2v) is 5.24. The zero-order valence-electron chi connectivity index (χ0n) is 11.5. The van der Waals surface area contributed by atoms with Crippen molar-refractivity contribution in [2.75, 3.05) is 7.05 Å². The van der Waals surface area contributed by atoms with Gasteiger partial charge in [0.05, 0.1) is 5.56 Å². The number of likely N-dealkylation sites (N-methyl/N-ethyl adjacent to an activating group) is 1. The Balaban J connectivity index is 2.00. The summed E-state index contributed by atoms with van der Waals surface area (Å²) in [5.41, 5.74) is 1.93. The van der Waals surface area contributed by atoms with Gasteiger partial charge < -0.3 is 5.32 Å². The maximum atomic E-state index is 13.2. The van der Waals surface area contributed by atoms with Crippen molar-refractivity contribution in [3.05, 3.63) is 65.0 Å². The molecule has 21 heavy (non-hydrogen) atoms. The second kappa shape index (κ2) is 5.15. The smallest absolute Gasteiger partial charge is 0.312 e. The van der Waals surface area contributed by atoms with Crippen LogP contribution in [0.15, 0.2) is 42.7 Å². The van der Waals surface area contributed by atoms with Gasteiger partial charge in [0, 0.05) is 29.9 Å². The minimum atomic E-state index is -4.36. The molecule has 0 fully saturated rings. The first-order chi connectivity index (χ1) is 10.0. The highest BCUT2D eigenvalue weighted by molar-refractivity contribution is 5.44. The molecule has 0 bridgehead atoms. The number of alkyl halides is 3. The number of rotatable bonds is 3. The summed E-state index contributed by atoms with van der Waals surface area (Å²) >= 11 is 0. The lowest BCUT2D eigenvalue weighted by atomic mass is 9.71. The second-order valence-electron chi connectivity index (χ2n) is 5.24. The first-order valence-electron chi connectivity index (χ1n) is 6.78. The van der Waals surface area contributed by atoms with Gasteiger partial charge in [0.25, 0.3) is 0 Å². The maximum absolute atomic E-state index is 13.2. The zero-order chi connectivity index (χ0) is 15.0. The topological polar surface area (TPSA) is 24.9 Å². The van der Waals surface area contributed by atoms with Crippen LogP contribution in [0.5, 0.6) is 0 Å². The number of benzene rings is 1. The fourth-order valence-electron chi connectivity index (χ4n) is 3.08. The van der Waals surface area contributed by atoms with E-state index in [4.69, 9.17) is 0 Å². The molecule has 110 valence electrons. The van der Waals surface area contributed by atoms with E-state index in [0.29, 0.717) is 0 Å². The van der Waals surface area contributed by atoms with Gasteiger partial charge in [-0.25, -0.2) is 0 Å². The van der Waals surface area contributed by atoms with Gasteiger partial charge in [-0.3, -0.25) is 4.98 Å². The Morgan fingerprint density at radius 3 is 2.67 bits per heavy atom. The van der Waals surface area contributed by atoms with Crippen LogP contribution in [0, 0.1) is 0 Å². The van der Waals surface area contributed by atoms with Crippen molar-refractivity contribution in [3.63, 3.8) is 0 Å². The monoisotopic (exact) mass is 292 g/mol. The summed E-state index contributed by atoms with van der Waals surface area (Å²) in [6.45, 7) is 0. The van der Waals surface area contributed by atoms with Crippen LogP contribution in [0.1, 0.15) is 34.2 Å². The molecule has 1 aromatic heterocycles. The third-order valence-corrected chi connectivity index (χ3v) is 4.10. The third-order valence-electron chi connectivity index (χ3n) is 4.10. The molecule has 2 atom stereocenters. The summed E-state index contributed by atoms with van der Waals surface area (Å²) < 4.78 is 39.5. The summed E-state index contributed by atoms with van der Waals surface area (Å²) in [6.07, 6.45) is -1.07. The molecular weight excluding hydrogens is 277 g/mol. The van der Waals surface area contributed by atoms with Gasteiger partial charge in [0.1, 0.15) is 0 Å². The van der Waals surface area contributed by atoms with Crippen molar-refractivity contribution >= 4 is 0 Å². The van der Waals surface area contributed by atoms with E-state index in [1.165, 1.54) is 18.0 Å². The molecule has 5 heteroatoms. The van der Waals surface area contributed by atoms with Crippen molar-refractivity contribution in [1.82, 2.24) is 10.3 Å². The summed E-state index contributed by atoms with van der Waals surface area (Å²) in [5.74, 6) is 0.0523. The molecule has 1 aliphatic rings. The largest absolute Gasteiger partial charge is 0.416 e. The molecule has 0 saturated heterocycles. The highest BCUT2D eigenvalue weighted by Gasteiger charge is 2.39. The van der Waals surface area contributed by atoms with E-state index < -0.39 is 11.7 Å². The number of hydrogen-bond donors (Lipinski definition) is 1. The number of hydrogen-bond acceptors (Lipinski definition) is 2. The van der Waals surface area contributed by atoms with Crippen molar-refractivity contribution in [2.45, 2.75) is 24.6 Å². The first kappa shape index (κ1) is 14.1. The van der Waals surface area contributed by atoms with E-state index in [2.05, 4.69) is 10.3 Å². The molecule has 3 rings (SSSR count). The number of pyridine rings is 1. The predicted octanol–water partition coefficient (Wildman–Crippen LogP) is 3.70. The Morgan fingerprint density at radius 1 is 1.24 bits per heavy atom. The third kappa shape index (κ3) is 2.42. The quantitative estimate of drug-likeness (QED) is 0.933. The van der Waals surface area contributed by atoms with E-state index >= 15 is 0 Å². The molecule has 2 unspecified atom stereocenters. The highest BCUT2D eigenvalue weighted by atomic mass is 19.4. The van der Waals surface area contributed by atoms with Crippen LogP contribution >= 0.6 is 0 Å². The Hall–Kier alpha value is -1.88. The van der Waals surface area contributed by atoms with Crippen molar-refractivity contribution in [3.8, 4) is 0 Å². The minimum absolute atomic E-state index is 0.0523. The molecule has 0 radical (unpaired) electrons. The SMILES string of the molecule is CNC(c1cnccc1C(F)(F)F)C1Cc2ccccc21. The molecular formula is C16H15F3N2. The molecule has 2 nitrogen and oxygen atoms in total. The normalized spacial score (nSPS) is 18.8. The van der Waals surface area contributed by atoms with E-state index in [1.54, 1.807) is 7.05 Å². The predicted molar refractivity (Wildman–Crippen MR) is 73.9 cm³/mol. The van der Waals surface area contributed by atoms with Crippen LogP contribution in [0.25, 0.3) is 0 Å². The molecule has 0 aliphatic heterocycles. The van der Waals surface area contributed by atoms with Gasteiger partial charge in [-0.15, -0.1) is 0 Å². The Bertz CT molecular complexity index is 652. The van der Waals surface area contributed by atoms with Crippen LogP contribution < -0.4 is 5.32 Å². The molecule has 1 heterocycles. The van der Waals surface area contributed by atoms with Gasteiger partial charge in [0.2, 0.25) is 0 Å². The van der Waals surface area contributed by atoms with Gasteiger partial charge in [-0.1, -0.05) is 24.3 Å². The summed E-state index contributed by atoms with van der Waals surface area (Å²) in [5, 5.41) is 3.03. The minimum Gasteiger partial charge on any atom is -0.312 e. The maximum Gasteiger partial charge on any atom is 0.416 e. The number of nitrogens with one attached hydrogen (secondary N) is 1. The van der Waals surface area contributed by atoms with Crippen LogP contribution in [0.2, 0.25) is 0 Å². The summed E-state index contributed by atoms with van der Waals surface area (Å²) in [7, 11) is 1.69. The number of aromatic nitrogens is 1. The standard InChI is InChI=1S/C16H15F3N2/c1-20-15(12-8-10-4-2-3-5-11(10)12)13-9-21-7-6-14(13)16(17,18)19/h2-7,9,12,15,20H,8H2,1H3. The molecule has 0 spiro atoms. The van der Waals surface area contributed by atoms with Crippen LogP contribution in [0.3, 0.4) is 0 Å². The average molecular weight is 292 g/mol. The van der Waals surface area contributed by atoms with Crippen LogP contribution in [-0.2, 0) is 12.6 Å². The van der Waals surface area contributed by atoms with E-state index in [0.717, 1.165) is 18.1 Å². The zero-order valence-corrected chi connectivity index (χ0v) is 11.5. The highest BCUT2D eigenvalue weighted by Crippen LogP contribution is 2.45. The molecule has 1 aromatic carbocycles. The van der Waals surface area contributed by atoms with Crippen molar-refractivity contribution in [2.24, 2.45) is 0 Å². The van der Waals surface area contributed by atoms with Gasteiger partial charge >= 0.3 is 6.18 Å².